The summed E-state index contributed by atoms with van der Waals surface area (Å²) >= 11 is 0. The van der Waals surface area contributed by atoms with Gasteiger partial charge in [-0.1, -0.05) is 12.1 Å². The molecule has 2 N–H and O–H groups in total. The van der Waals surface area contributed by atoms with Crippen molar-refractivity contribution in [2.75, 3.05) is 0 Å². The minimum atomic E-state index is -1.29. The summed E-state index contributed by atoms with van der Waals surface area (Å²) in [5.74, 6) is -1.53. The summed E-state index contributed by atoms with van der Waals surface area (Å²) in [6.07, 6.45) is 0. The Kier molecular flexibility index (Phi) is 5.16. The fourth-order valence-electron chi connectivity index (χ4n) is 1.25. The summed E-state index contributed by atoms with van der Waals surface area (Å²) in [6, 6.07) is 10.2. The Balaban J connectivity index is 0.000000217. The standard InChI is InChI=1S/C7H5NO4.C6H5FO/c9-7(10)5-3-1-2-4-6(5)8(11)12;7-5-1-3-6(8)4-2-5/h1-4H,(H,9,10);1-4,8H. The van der Waals surface area contributed by atoms with E-state index in [1.54, 1.807) is 0 Å². The molecule has 0 unspecified atom stereocenters. The number of phenols is 1. The van der Waals surface area contributed by atoms with E-state index in [4.69, 9.17) is 10.2 Å². The van der Waals surface area contributed by atoms with Crippen molar-refractivity contribution in [1.29, 1.82) is 0 Å². The summed E-state index contributed by atoms with van der Waals surface area (Å²) in [7, 11) is 0. The van der Waals surface area contributed by atoms with Gasteiger partial charge in [0.15, 0.2) is 0 Å². The molecule has 104 valence electrons. The monoisotopic (exact) mass is 279 g/mol. The van der Waals surface area contributed by atoms with Crippen LogP contribution in [-0.2, 0) is 0 Å². The summed E-state index contributed by atoms with van der Waals surface area (Å²) in [4.78, 5) is 20.0. The lowest BCUT2D eigenvalue weighted by Gasteiger charge is -1.94. The zero-order valence-electron chi connectivity index (χ0n) is 10.1. The first kappa shape index (κ1) is 15.1. The number of halogens is 1. The molecule has 0 aromatic heterocycles. The van der Waals surface area contributed by atoms with E-state index in [2.05, 4.69) is 0 Å². The van der Waals surface area contributed by atoms with Crippen LogP contribution in [0.15, 0.2) is 48.5 Å². The van der Waals surface area contributed by atoms with Crippen molar-refractivity contribution < 1.29 is 24.3 Å². The van der Waals surface area contributed by atoms with Crippen LogP contribution in [0.5, 0.6) is 5.75 Å². The molecule has 0 radical (unpaired) electrons. The molecular formula is C13H10FNO5. The van der Waals surface area contributed by atoms with Gasteiger partial charge < -0.3 is 10.2 Å². The highest BCUT2D eigenvalue weighted by molar-refractivity contribution is 5.92. The lowest BCUT2D eigenvalue weighted by atomic mass is 10.2. The molecule has 0 atom stereocenters. The second kappa shape index (κ2) is 6.83. The predicted octanol–water partition coefficient (Wildman–Crippen LogP) is 2.82. The number of aromatic carboxylic acids is 1. The topological polar surface area (TPSA) is 101 Å². The first-order chi connectivity index (χ1) is 9.41. The van der Waals surface area contributed by atoms with Crippen molar-refractivity contribution in [2.45, 2.75) is 0 Å². The van der Waals surface area contributed by atoms with E-state index in [0.717, 1.165) is 6.07 Å². The van der Waals surface area contributed by atoms with E-state index in [1.807, 2.05) is 0 Å². The van der Waals surface area contributed by atoms with Gasteiger partial charge in [-0.25, -0.2) is 9.18 Å². The molecule has 0 spiro atoms. The van der Waals surface area contributed by atoms with Crippen LogP contribution in [0.1, 0.15) is 10.4 Å². The van der Waals surface area contributed by atoms with E-state index < -0.39 is 10.9 Å². The first-order valence-corrected chi connectivity index (χ1v) is 5.33. The Morgan fingerprint density at radius 3 is 2.05 bits per heavy atom. The first-order valence-electron chi connectivity index (χ1n) is 5.33. The third-order valence-corrected chi connectivity index (χ3v) is 2.16. The largest absolute Gasteiger partial charge is 0.508 e. The second-order valence-electron chi connectivity index (χ2n) is 3.56. The number of nitro benzene ring substituents is 1. The van der Waals surface area contributed by atoms with Crippen LogP contribution in [0.4, 0.5) is 10.1 Å². The van der Waals surface area contributed by atoms with E-state index in [1.165, 1.54) is 42.5 Å². The number of rotatable bonds is 2. The number of para-hydroxylation sites is 1. The quantitative estimate of drug-likeness (QED) is 0.650. The van der Waals surface area contributed by atoms with E-state index in [0.29, 0.717) is 0 Å². The number of hydrogen-bond acceptors (Lipinski definition) is 4. The molecule has 0 aliphatic rings. The molecule has 6 nitrogen and oxygen atoms in total. The fraction of sp³-hybridized carbons (Fsp3) is 0. The molecule has 2 rings (SSSR count). The molecule has 0 saturated carbocycles. The van der Waals surface area contributed by atoms with Gasteiger partial charge in [0.2, 0.25) is 0 Å². The number of hydrogen-bond donors (Lipinski definition) is 2. The Labute approximate surface area is 112 Å². The minimum absolute atomic E-state index is 0.0893. The van der Waals surface area contributed by atoms with Crippen molar-refractivity contribution in [3.8, 4) is 5.75 Å². The predicted molar refractivity (Wildman–Crippen MR) is 68.1 cm³/mol. The molecule has 0 aliphatic carbocycles. The number of nitrogens with zero attached hydrogens (tertiary/aromatic N) is 1. The number of phenolic OH excluding ortho intramolecular Hbond substituents is 1. The number of carboxylic acid groups (broad SMARTS) is 1. The molecule has 20 heavy (non-hydrogen) atoms. The van der Waals surface area contributed by atoms with Crippen LogP contribution in [0.3, 0.4) is 0 Å². The zero-order chi connectivity index (χ0) is 15.1. The smallest absolute Gasteiger partial charge is 0.342 e. The van der Waals surface area contributed by atoms with Gasteiger partial charge in [-0.15, -0.1) is 0 Å². The summed E-state index contributed by atoms with van der Waals surface area (Å²) in [5, 5.41) is 27.4. The Hall–Kier alpha value is -2.96. The van der Waals surface area contributed by atoms with Crippen LogP contribution in [0, 0.1) is 15.9 Å². The second-order valence-corrected chi connectivity index (χ2v) is 3.56. The van der Waals surface area contributed by atoms with Gasteiger partial charge in [-0.2, -0.15) is 0 Å². The Morgan fingerprint density at radius 1 is 1.10 bits per heavy atom. The average molecular weight is 279 g/mol. The molecule has 0 heterocycles. The van der Waals surface area contributed by atoms with Gasteiger partial charge >= 0.3 is 5.97 Å². The van der Waals surface area contributed by atoms with Gasteiger partial charge in [0.05, 0.1) is 4.92 Å². The van der Waals surface area contributed by atoms with Crippen LogP contribution in [0.2, 0.25) is 0 Å². The molecular weight excluding hydrogens is 269 g/mol. The van der Waals surface area contributed by atoms with Gasteiger partial charge in [0, 0.05) is 6.07 Å². The van der Waals surface area contributed by atoms with E-state index in [-0.39, 0.29) is 22.8 Å². The van der Waals surface area contributed by atoms with E-state index in [9.17, 15) is 19.3 Å². The van der Waals surface area contributed by atoms with Crippen LogP contribution in [0.25, 0.3) is 0 Å². The third-order valence-electron chi connectivity index (χ3n) is 2.16. The summed E-state index contributed by atoms with van der Waals surface area (Å²) in [5.41, 5.74) is -0.674. The highest BCUT2D eigenvalue weighted by Gasteiger charge is 2.17. The van der Waals surface area contributed by atoms with Crippen molar-refractivity contribution in [1.82, 2.24) is 0 Å². The average Bonchev–Trinajstić information content (AvgIpc) is 2.42. The maximum Gasteiger partial charge on any atom is 0.342 e. The van der Waals surface area contributed by atoms with Crippen molar-refractivity contribution >= 4 is 11.7 Å². The summed E-state index contributed by atoms with van der Waals surface area (Å²) < 4.78 is 12.0. The third kappa shape index (κ3) is 4.37. The number of carboxylic acids is 1. The molecule has 0 bridgehead atoms. The van der Waals surface area contributed by atoms with Gasteiger partial charge in [-0.05, 0) is 30.3 Å². The lowest BCUT2D eigenvalue weighted by Crippen LogP contribution is -2.01. The summed E-state index contributed by atoms with van der Waals surface area (Å²) in [6.45, 7) is 0. The SMILES string of the molecule is O=C(O)c1ccccc1[N+](=O)[O-].Oc1ccc(F)cc1. The van der Waals surface area contributed by atoms with E-state index >= 15 is 0 Å². The van der Waals surface area contributed by atoms with Crippen LogP contribution >= 0.6 is 0 Å². The van der Waals surface area contributed by atoms with Gasteiger partial charge in [0.25, 0.3) is 5.69 Å². The minimum Gasteiger partial charge on any atom is -0.508 e. The zero-order valence-corrected chi connectivity index (χ0v) is 10.1. The number of carbonyl (C=O) groups is 1. The lowest BCUT2D eigenvalue weighted by molar-refractivity contribution is -0.385. The Bertz CT molecular complexity index is 558. The van der Waals surface area contributed by atoms with Crippen molar-refractivity contribution in [3.05, 3.63) is 70.0 Å². The molecule has 2 aromatic rings. The van der Waals surface area contributed by atoms with Gasteiger partial charge in [-0.3, -0.25) is 10.1 Å². The Morgan fingerprint density at radius 2 is 1.65 bits per heavy atom. The molecule has 0 saturated heterocycles. The normalized spacial score (nSPS) is 9.25. The maximum absolute atomic E-state index is 12.0. The maximum atomic E-state index is 12.0. The van der Waals surface area contributed by atoms with Crippen molar-refractivity contribution in [2.24, 2.45) is 0 Å². The number of nitro groups is 1. The highest BCUT2D eigenvalue weighted by Crippen LogP contribution is 2.16. The number of aromatic hydroxyl groups is 1. The molecule has 0 aliphatic heterocycles. The molecule has 2 aromatic carbocycles. The molecule has 7 heteroatoms. The number of benzene rings is 2. The van der Waals surface area contributed by atoms with Crippen LogP contribution < -0.4 is 0 Å². The highest BCUT2D eigenvalue weighted by atomic mass is 19.1. The molecule has 0 fully saturated rings. The van der Waals surface area contributed by atoms with Crippen molar-refractivity contribution in [3.63, 3.8) is 0 Å². The van der Waals surface area contributed by atoms with Gasteiger partial charge in [0.1, 0.15) is 17.1 Å². The van der Waals surface area contributed by atoms with Crippen LogP contribution in [-0.4, -0.2) is 21.1 Å². The fourth-order valence-corrected chi connectivity index (χ4v) is 1.25. The molecule has 0 amide bonds.